The minimum atomic E-state index is -0.601. The molecule has 0 saturated heterocycles. The first-order valence-corrected chi connectivity index (χ1v) is 9.59. The molecule has 0 aromatic heterocycles. The van der Waals surface area contributed by atoms with E-state index >= 15 is 0 Å². The lowest BCUT2D eigenvalue weighted by Gasteiger charge is -2.03. The number of nitro benzene ring substituents is 2. The Morgan fingerprint density at radius 3 is 1.50 bits per heavy atom. The Kier molecular flexibility index (Phi) is 7.47. The first-order valence-electron chi connectivity index (χ1n) is 9.59. The summed E-state index contributed by atoms with van der Waals surface area (Å²) in [6.45, 7) is 0. The lowest BCUT2D eigenvalue weighted by atomic mass is 10.1. The van der Waals surface area contributed by atoms with Gasteiger partial charge in [-0.2, -0.15) is 10.2 Å². The molecule has 0 aliphatic heterocycles. The molecule has 0 spiro atoms. The van der Waals surface area contributed by atoms with Gasteiger partial charge in [-0.3, -0.25) is 29.8 Å². The minimum Gasteiger partial charge on any atom is -0.267 e. The third-order valence-electron chi connectivity index (χ3n) is 4.31. The van der Waals surface area contributed by atoms with Gasteiger partial charge < -0.3 is 0 Å². The van der Waals surface area contributed by atoms with E-state index < -0.39 is 21.7 Å². The van der Waals surface area contributed by atoms with E-state index in [9.17, 15) is 29.8 Å². The predicted octanol–water partition coefficient (Wildman–Crippen LogP) is 3.03. The molecule has 2 amide bonds. The van der Waals surface area contributed by atoms with Gasteiger partial charge in [-0.1, -0.05) is 30.3 Å². The molecule has 3 aromatic rings. The van der Waals surface area contributed by atoms with Crippen molar-refractivity contribution >= 4 is 35.6 Å². The fourth-order valence-electron chi connectivity index (χ4n) is 2.70. The quantitative estimate of drug-likeness (QED) is 0.297. The molecule has 0 unspecified atom stereocenters. The average Bonchev–Trinajstić information content (AvgIpc) is 2.84. The highest BCUT2D eigenvalue weighted by Crippen LogP contribution is 2.12. The minimum absolute atomic E-state index is 0.109. The van der Waals surface area contributed by atoms with Gasteiger partial charge >= 0.3 is 0 Å². The number of nitrogens with one attached hydrogen (secondary N) is 2. The zero-order valence-corrected chi connectivity index (χ0v) is 17.3. The molecule has 0 radical (unpaired) electrons. The van der Waals surface area contributed by atoms with Crippen LogP contribution in [0.15, 0.2) is 83.0 Å². The first-order chi connectivity index (χ1) is 16.3. The van der Waals surface area contributed by atoms with E-state index in [1.807, 2.05) is 0 Å². The van der Waals surface area contributed by atoms with E-state index in [1.165, 1.54) is 73.1 Å². The van der Waals surface area contributed by atoms with Crippen LogP contribution in [0, 0.1) is 20.2 Å². The molecule has 0 fully saturated rings. The monoisotopic (exact) mass is 460 g/mol. The number of carbonyl (C=O) groups excluding carboxylic acids is 2. The van der Waals surface area contributed by atoms with Crippen molar-refractivity contribution in [2.45, 2.75) is 0 Å². The highest BCUT2D eigenvalue weighted by atomic mass is 16.6. The first kappa shape index (κ1) is 23.4. The van der Waals surface area contributed by atoms with Gasteiger partial charge in [0.25, 0.3) is 23.2 Å². The topological polar surface area (TPSA) is 169 Å². The summed E-state index contributed by atoms with van der Waals surface area (Å²) in [6, 6.07) is 17.2. The Bertz CT molecular complexity index is 1220. The van der Waals surface area contributed by atoms with E-state index in [0.29, 0.717) is 11.1 Å². The molecule has 12 nitrogen and oxygen atoms in total. The number of benzene rings is 3. The van der Waals surface area contributed by atoms with Gasteiger partial charge in [0, 0.05) is 46.5 Å². The summed E-state index contributed by atoms with van der Waals surface area (Å²) in [4.78, 5) is 45.2. The van der Waals surface area contributed by atoms with Crippen LogP contribution in [0.5, 0.6) is 0 Å². The summed E-state index contributed by atoms with van der Waals surface area (Å²) < 4.78 is 0. The van der Waals surface area contributed by atoms with Crippen LogP contribution >= 0.6 is 0 Å². The second-order valence-corrected chi connectivity index (χ2v) is 6.68. The summed E-state index contributed by atoms with van der Waals surface area (Å²) in [5, 5.41) is 29.2. The Morgan fingerprint density at radius 2 is 1.09 bits per heavy atom. The maximum absolute atomic E-state index is 12.3. The fourth-order valence-corrected chi connectivity index (χ4v) is 2.70. The lowest BCUT2D eigenvalue weighted by Crippen LogP contribution is -2.20. The summed E-state index contributed by atoms with van der Waals surface area (Å²) in [6.07, 6.45) is 2.51. The van der Waals surface area contributed by atoms with Crippen LogP contribution in [0.4, 0.5) is 11.4 Å². The van der Waals surface area contributed by atoms with Crippen LogP contribution in [0.3, 0.4) is 0 Å². The largest absolute Gasteiger partial charge is 0.271 e. The van der Waals surface area contributed by atoms with Gasteiger partial charge in [-0.15, -0.1) is 0 Å². The van der Waals surface area contributed by atoms with Crippen molar-refractivity contribution in [3.63, 3.8) is 0 Å². The Hall–Kier alpha value is -5.26. The summed E-state index contributed by atoms with van der Waals surface area (Å²) >= 11 is 0. The third kappa shape index (κ3) is 6.37. The standard InChI is InChI=1S/C22H16N6O6/c29-21(25-23-13-15-4-1-8-19(10-15)27(31)32)17-6-3-7-18(12-17)22(30)26-24-14-16-5-2-9-20(11-16)28(33)34/h1-14H,(H,25,29)(H,26,30)/b23-13+,24-14+. The maximum Gasteiger partial charge on any atom is 0.271 e. The summed E-state index contributed by atoms with van der Waals surface area (Å²) in [5.41, 5.74) is 5.48. The molecule has 0 bridgehead atoms. The molecule has 34 heavy (non-hydrogen) atoms. The number of hydrogen-bond donors (Lipinski definition) is 2. The second kappa shape index (κ2) is 10.9. The maximum atomic E-state index is 12.3. The van der Waals surface area contributed by atoms with Crippen molar-refractivity contribution in [3.8, 4) is 0 Å². The van der Waals surface area contributed by atoms with Crippen LogP contribution in [0.25, 0.3) is 0 Å². The van der Waals surface area contributed by atoms with E-state index in [1.54, 1.807) is 12.1 Å². The number of rotatable bonds is 8. The van der Waals surface area contributed by atoms with Gasteiger partial charge in [-0.25, -0.2) is 10.9 Å². The van der Waals surface area contributed by atoms with Crippen LogP contribution in [-0.2, 0) is 0 Å². The molecule has 12 heteroatoms. The molecule has 0 aliphatic rings. The SMILES string of the molecule is O=C(N/N=C/c1cccc([N+](=O)[O-])c1)c1cccc(C(=O)N/N=C/c2cccc([N+](=O)[O-])c2)c1. The van der Waals surface area contributed by atoms with Crippen molar-refractivity contribution in [3.05, 3.63) is 115 Å². The molecule has 170 valence electrons. The highest BCUT2D eigenvalue weighted by Gasteiger charge is 2.10. The zero-order chi connectivity index (χ0) is 24.5. The molecule has 0 heterocycles. The number of hydrogen-bond acceptors (Lipinski definition) is 8. The van der Waals surface area contributed by atoms with Gasteiger partial charge in [0.2, 0.25) is 0 Å². The number of carbonyl (C=O) groups is 2. The number of nitrogens with zero attached hydrogens (tertiary/aromatic N) is 4. The molecule has 3 rings (SSSR count). The van der Waals surface area contributed by atoms with Crippen molar-refractivity contribution in [1.29, 1.82) is 0 Å². The number of non-ortho nitro benzene ring substituents is 2. The fraction of sp³-hybridized carbons (Fsp3) is 0. The lowest BCUT2D eigenvalue weighted by molar-refractivity contribution is -0.385. The van der Waals surface area contributed by atoms with E-state index in [4.69, 9.17) is 0 Å². The van der Waals surface area contributed by atoms with Crippen LogP contribution < -0.4 is 10.9 Å². The molecule has 0 saturated carbocycles. The van der Waals surface area contributed by atoms with Gasteiger partial charge in [0.05, 0.1) is 22.3 Å². The molecule has 2 N–H and O–H groups in total. The Morgan fingerprint density at radius 1 is 0.676 bits per heavy atom. The molecule has 3 aromatic carbocycles. The zero-order valence-electron chi connectivity index (χ0n) is 17.3. The van der Waals surface area contributed by atoms with Crippen molar-refractivity contribution in [2.24, 2.45) is 10.2 Å². The number of nitro groups is 2. The van der Waals surface area contributed by atoms with Gasteiger partial charge in [-0.05, 0) is 18.2 Å². The summed E-state index contributed by atoms with van der Waals surface area (Å²) in [7, 11) is 0. The van der Waals surface area contributed by atoms with E-state index in [0.717, 1.165) is 0 Å². The van der Waals surface area contributed by atoms with Crippen molar-refractivity contribution < 1.29 is 19.4 Å². The Balaban J connectivity index is 1.61. The predicted molar refractivity (Wildman–Crippen MR) is 123 cm³/mol. The Labute approximate surface area is 191 Å². The molecule has 0 aliphatic carbocycles. The van der Waals surface area contributed by atoms with Gasteiger partial charge in [0.15, 0.2) is 0 Å². The third-order valence-corrected chi connectivity index (χ3v) is 4.31. The van der Waals surface area contributed by atoms with Gasteiger partial charge in [0.1, 0.15) is 0 Å². The number of hydrazone groups is 2. The molecule has 0 atom stereocenters. The molecular formula is C22H16N6O6. The van der Waals surface area contributed by atoms with Crippen LogP contribution in [0.1, 0.15) is 31.8 Å². The van der Waals surface area contributed by atoms with Crippen LogP contribution in [0.2, 0.25) is 0 Å². The normalized spacial score (nSPS) is 10.8. The number of amides is 2. The smallest absolute Gasteiger partial charge is 0.267 e. The van der Waals surface area contributed by atoms with Crippen molar-refractivity contribution in [2.75, 3.05) is 0 Å². The van der Waals surface area contributed by atoms with E-state index in [2.05, 4.69) is 21.1 Å². The van der Waals surface area contributed by atoms with Crippen LogP contribution in [-0.4, -0.2) is 34.1 Å². The second-order valence-electron chi connectivity index (χ2n) is 6.68. The van der Waals surface area contributed by atoms with E-state index in [-0.39, 0.29) is 22.5 Å². The summed E-state index contributed by atoms with van der Waals surface area (Å²) in [5.74, 6) is -1.20. The highest BCUT2D eigenvalue weighted by molar-refractivity contribution is 6.00. The molecular weight excluding hydrogens is 444 g/mol. The average molecular weight is 460 g/mol. The van der Waals surface area contributed by atoms with Crippen molar-refractivity contribution in [1.82, 2.24) is 10.9 Å².